The van der Waals surface area contributed by atoms with Crippen LogP contribution >= 0.6 is 0 Å². The minimum Gasteiger partial charge on any atom is -0.489 e. The minimum absolute atomic E-state index is 0.342. The van der Waals surface area contributed by atoms with Crippen molar-refractivity contribution in [1.82, 2.24) is 0 Å². The number of benzene rings is 1. The molecule has 0 aliphatic carbocycles. The highest BCUT2D eigenvalue weighted by molar-refractivity contribution is 5.43. The van der Waals surface area contributed by atoms with Crippen molar-refractivity contribution < 1.29 is 14.2 Å². The second-order valence-corrected chi connectivity index (χ2v) is 6.66. The van der Waals surface area contributed by atoms with Gasteiger partial charge in [-0.2, -0.15) is 0 Å². The predicted octanol–water partition coefficient (Wildman–Crippen LogP) is 6.22. The molecule has 3 heteroatoms. The average Bonchev–Trinajstić information content (AvgIpc) is 2.61. The van der Waals surface area contributed by atoms with Crippen LogP contribution in [-0.4, -0.2) is 19.8 Å². The summed E-state index contributed by atoms with van der Waals surface area (Å²) in [5.41, 5.74) is 5.14. The molecule has 0 saturated carbocycles. The summed E-state index contributed by atoms with van der Waals surface area (Å²) in [7, 11) is 0. The third-order valence-corrected chi connectivity index (χ3v) is 3.90. The van der Waals surface area contributed by atoms with Crippen LogP contribution in [-0.2, 0) is 0 Å². The lowest BCUT2D eigenvalue weighted by Gasteiger charge is -2.15. The summed E-state index contributed by atoms with van der Waals surface area (Å²) in [4.78, 5) is 0. The van der Waals surface area contributed by atoms with Gasteiger partial charge < -0.3 is 14.2 Å². The van der Waals surface area contributed by atoms with Crippen LogP contribution in [0.25, 0.3) is 0 Å². The fourth-order valence-electron chi connectivity index (χ4n) is 1.68. The summed E-state index contributed by atoms with van der Waals surface area (Å²) in [5.74, 6) is 1.85. The highest BCUT2D eigenvalue weighted by atomic mass is 16.5. The third kappa shape index (κ3) is 7.87. The van der Waals surface area contributed by atoms with Gasteiger partial charge in [0.15, 0.2) is 0 Å². The summed E-state index contributed by atoms with van der Waals surface area (Å²) in [5, 5.41) is 0. The highest BCUT2D eigenvalue weighted by Crippen LogP contribution is 2.29. The minimum atomic E-state index is 0.342. The zero-order valence-electron chi connectivity index (χ0n) is 16.8. The first-order valence-electron chi connectivity index (χ1n) is 8.64. The smallest absolute Gasteiger partial charge is 0.127 e. The molecule has 0 heterocycles. The summed E-state index contributed by atoms with van der Waals surface area (Å²) >= 11 is 0. The van der Waals surface area contributed by atoms with Crippen LogP contribution in [0.5, 0.6) is 17.2 Å². The normalized spacial score (nSPS) is 9.89. The Morgan fingerprint density at radius 2 is 0.778 bits per heavy atom. The molecule has 0 radical (unpaired) electrons. The van der Waals surface area contributed by atoms with Gasteiger partial charge in [-0.1, -0.05) is 56.2 Å². The number of rotatable bonds is 12. The molecular weight excluding hydrogens is 336 g/mol. The van der Waals surface area contributed by atoms with Gasteiger partial charge in [0.25, 0.3) is 0 Å². The van der Waals surface area contributed by atoms with Crippen LogP contribution in [0.15, 0.2) is 91.1 Å². The number of hydrogen-bond acceptors (Lipinski definition) is 3. The summed E-state index contributed by atoms with van der Waals surface area (Å²) < 4.78 is 17.5. The van der Waals surface area contributed by atoms with Crippen molar-refractivity contribution in [3.8, 4) is 17.2 Å². The van der Waals surface area contributed by atoms with E-state index in [-0.39, 0.29) is 0 Å². The summed E-state index contributed by atoms with van der Waals surface area (Å²) in [6.45, 7) is 30.1. The molecule has 0 saturated heterocycles. The Morgan fingerprint density at radius 3 is 0.963 bits per heavy atom. The quantitative estimate of drug-likeness (QED) is 0.411. The number of hydrogen-bond donors (Lipinski definition) is 0. The van der Waals surface area contributed by atoms with E-state index >= 15 is 0 Å². The molecule has 144 valence electrons. The predicted molar refractivity (Wildman–Crippen MR) is 115 cm³/mol. The van der Waals surface area contributed by atoms with E-state index in [1.165, 1.54) is 0 Å². The lowest BCUT2D eigenvalue weighted by Crippen LogP contribution is -2.05. The van der Waals surface area contributed by atoms with Crippen molar-refractivity contribution in [2.75, 3.05) is 19.8 Å². The van der Waals surface area contributed by atoms with Crippen molar-refractivity contribution in [3.05, 3.63) is 91.1 Å². The van der Waals surface area contributed by atoms with Crippen molar-refractivity contribution >= 4 is 0 Å². The zero-order valence-corrected chi connectivity index (χ0v) is 16.8. The van der Waals surface area contributed by atoms with Crippen molar-refractivity contribution in [2.45, 2.75) is 20.8 Å². The van der Waals surface area contributed by atoms with E-state index in [0.717, 1.165) is 33.4 Å². The molecule has 0 aliphatic heterocycles. The largest absolute Gasteiger partial charge is 0.489 e. The van der Waals surface area contributed by atoms with Crippen LogP contribution < -0.4 is 14.2 Å². The standard InChI is InChI=1S/C24H30O3/c1-16(2)19(7)13-25-22-10-23(26-14-20(8)17(3)4)12-24(11-22)27-15-21(9)18(5)6/h10-12H,1,3,5,7-9,13-15H2,2,4,6H3. The van der Waals surface area contributed by atoms with Crippen LogP contribution in [0.1, 0.15) is 20.8 Å². The van der Waals surface area contributed by atoms with Gasteiger partial charge in [-0.05, 0) is 37.5 Å². The molecule has 1 aromatic rings. The lowest BCUT2D eigenvalue weighted by molar-refractivity contribution is 0.320. The molecule has 0 atom stereocenters. The van der Waals surface area contributed by atoms with Crippen molar-refractivity contribution in [2.24, 2.45) is 0 Å². The SMILES string of the molecule is C=C(C)C(=C)COc1cc(OCC(=C)C(=C)C)cc(OCC(=C)C(=C)C)c1. The molecule has 0 bridgehead atoms. The van der Waals surface area contributed by atoms with Gasteiger partial charge in [0.1, 0.15) is 37.1 Å². The third-order valence-electron chi connectivity index (χ3n) is 3.90. The molecule has 1 rings (SSSR count). The van der Waals surface area contributed by atoms with E-state index in [1.54, 1.807) is 18.2 Å². The fourth-order valence-corrected chi connectivity index (χ4v) is 1.68. The molecule has 3 nitrogen and oxygen atoms in total. The molecular formula is C24H30O3. The molecule has 27 heavy (non-hydrogen) atoms. The van der Waals surface area contributed by atoms with Gasteiger partial charge in [0.05, 0.1) is 0 Å². The van der Waals surface area contributed by atoms with E-state index < -0.39 is 0 Å². The van der Waals surface area contributed by atoms with Crippen LogP contribution in [0, 0.1) is 0 Å². The van der Waals surface area contributed by atoms with Gasteiger partial charge in [0, 0.05) is 18.2 Å². The monoisotopic (exact) mass is 366 g/mol. The Hall–Kier alpha value is -2.94. The van der Waals surface area contributed by atoms with Gasteiger partial charge in [-0.3, -0.25) is 0 Å². The Labute approximate surface area is 163 Å². The second kappa shape index (κ2) is 10.3. The first-order valence-corrected chi connectivity index (χ1v) is 8.64. The maximum Gasteiger partial charge on any atom is 0.127 e. The Bertz CT molecular complexity index is 664. The lowest BCUT2D eigenvalue weighted by atomic mass is 10.2. The van der Waals surface area contributed by atoms with E-state index in [0.29, 0.717) is 37.1 Å². The molecule has 0 unspecified atom stereocenters. The zero-order chi connectivity index (χ0) is 20.6. The van der Waals surface area contributed by atoms with Crippen molar-refractivity contribution in [1.29, 1.82) is 0 Å². The first kappa shape index (κ1) is 22.1. The van der Waals surface area contributed by atoms with E-state index in [2.05, 4.69) is 39.5 Å². The summed E-state index contributed by atoms with van der Waals surface area (Å²) in [6.07, 6.45) is 0. The molecule has 0 amide bonds. The molecule has 0 aromatic heterocycles. The molecule has 0 spiro atoms. The van der Waals surface area contributed by atoms with Gasteiger partial charge in [-0.25, -0.2) is 0 Å². The Morgan fingerprint density at radius 1 is 0.556 bits per heavy atom. The van der Waals surface area contributed by atoms with Gasteiger partial charge >= 0.3 is 0 Å². The number of ether oxygens (including phenoxy) is 3. The Balaban J connectivity index is 2.95. The molecule has 0 N–H and O–H groups in total. The van der Waals surface area contributed by atoms with Crippen LogP contribution in [0.3, 0.4) is 0 Å². The highest BCUT2D eigenvalue weighted by Gasteiger charge is 2.08. The molecule has 0 fully saturated rings. The van der Waals surface area contributed by atoms with Crippen LogP contribution in [0.4, 0.5) is 0 Å². The first-order chi connectivity index (χ1) is 12.6. The molecule has 1 aromatic carbocycles. The maximum atomic E-state index is 5.82. The second-order valence-electron chi connectivity index (χ2n) is 6.66. The van der Waals surface area contributed by atoms with Crippen molar-refractivity contribution in [3.63, 3.8) is 0 Å². The topological polar surface area (TPSA) is 27.7 Å². The average molecular weight is 367 g/mol. The van der Waals surface area contributed by atoms with Gasteiger partial charge in [-0.15, -0.1) is 0 Å². The maximum absolute atomic E-state index is 5.82. The van der Waals surface area contributed by atoms with E-state index in [4.69, 9.17) is 14.2 Å². The Kier molecular flexibility index (Phi) is 8.40. The van der Waals surface area contributed by atoms with E-state index in [1.807, 2.05) is 20.8 Å². The van der Waals surface area contributed by atoms with Crippen LogP contribution in [0.2, 0.25) is 0 Å². The van der Waals surface area contributed by atoms with E-state index in [9.17, 15) is 0 Å². The molecule has 0 aliphatic rings. The fraction of sp³-hybridized carbons (Fsp3) is 0.250. The van der Waals surface area contributed by atoms with Gasteiger partial charge in [0.2, 0.25) is 0 Å². The summed E-state index contributed by atoms with van der Waals surface area (Å²) in [6, 6.07) is 5.41.